The molecule has 0 saturated carbocycles. The van der Waals surface area contributed by atoms with E-state index in [0.717, 1.165) is 31.2 Å². The average molecular weight is 381 g/mol. The number of rotatable bonds is 6. The third-order valence-electron chi connectivity index (χ3n) is 4.85. The van der Waals surface area contributed by atoms with Gasteiger partial charge in [-0.3, -0.25) is 9.69 Å². The number of imidazole rings is 1. The Hall–Kier alpha value is -3.13. The molecule has 0 atom stereocenters. The van der Waals surface area contributed by atoms with E-state index < -0.39 is 0 Å². The standard InChI is InChI=1S/C20H23N5O3/c1-23-8-7-21-19(23)14-24-9-11-25(12-10-24)20(26)18-13-17(28-22-18)15-27-16-5-3-2-4-6-16/h2-8,13H,9-12,14-15H2,1H3. The van der Waals surface area contributed by atoms with Gasteiger partial charge < -0.3 is 18.7 Å². The fourth-order valence-corrected chi connectivity index (χ4v) is 3.17. The van der Waals surface area contributed by atoms with Crippen LogP contribution in [-0.4, -0.2) is 56.6 Å². The smallest absolute Gasteiger partial charge is 0.276 e. The average Bonchev–Trinajstić information content (AvgIpc) is 3.37. The van der Waals surface area contributed by atoms with Crippen LogP contribution in [0.2, 0.25) is 0 Å². The van der Waals surface area contributed by atoms with Crippen LogP contribution in [0.15, 0.2) is 53.3 Å². The van der Waals surface area contributed by atoms with Gasteiger partial charge in [0.15, 0.2) is 11.5 Å². The minimum atomic E-state index is -0.105. The third kappa shape index (κ3) is 4.23. The number of carbonyl (C=O) groups excluding carboxylic acids is 1. The molecule has 3 aromatic rings. The Morgan fingerprint density at radius 2 is 1.96 bits per heavy atom. The highest BCUT2D eigenvalue weighted by atomic mass is 16.5. The molecule has 1 aromatic carbocycles. The third-order valence-corrected chi connectivity index (χ3v) is 4.85. The number of ether oxygens (including phenoxy) is 1. The Bertz CT molecular complexity index is 913. The van der Waals surface area contributed by atoms with E-state index in [1.807, 2.05) is 53.0 Å². The lowest BCUT2D eigenvalue weighted by Gasteiger charge is -2.34. The fraction of sp³-hybridized carbons (Fsp3) is 0.350. The van der Waals surface area contributed by atoms with Crippen LogP contribution >= 0.6 is 0 Å². The largest absolute Gasteiger partial charge is 0.486 e. The van der Waals surface area contributed by atoms with Gasteiger partial charge in [0.25, 0.3) is 5.91 Å². The van der Waals surface area contributed by atoms with Crippen LogP contribution in [0.1, 0.15) is 22.1 Å². The zero-order valence-electron chi connectivity index (χ0n) is 15.8. The summed E-state index contributed by atoms with van der Waals surface area (Å²) in [7, 11) is 1.99. The Balaban J connectivity index is 1.28. The van der Waals surface area contributed by atoms with E-state index in [1.54, 1.807) is 12.3 Å². The summed E-state index contributed by atoms with van der Waals surface area (Å²) < 4.78 is 12.9. The summed E-state index contributed by atoms with van der Waals surface area (Å²) in [4.78, 5) is 21.2. The van der Waals surface area contributed by atoms with Crippen molar-refractivity contribution in [2.24, 2.45) is 7.05 Å². The highest BCUT2D eigenvalue weighted by Crippen LogP contribution is 2.14. The molecule has 28 heavy (non-hydrogen) atoms. The van der Waals surface area contributed by atoms with Crippen LogP contribution in [-0.2, 0) is 20.2 Å². The molecule has 1 aliphatic heterocycles. The Labute approximate surface area is 163 Å². The molecule has 1 amide bonds. The molecular weight excluding hydrogens is 358 g/mol. The molecule has 0 radical (unpaired) electrons. The molecular formula is C20H23N5O3. The van der Waals surface area contributed by atoms with E-state index in [-0.39, 0.29) is 12.5 Å². The van der Waals surface area contributed by atoms with Crippen molar-refractivity contribution in [1.82, 2.24) is 24.5 Å². The van der Waals surface area contributed by atoms with Gasteiger partial charge in [-0.2, -0.15) is 0 Å². The molecule has 0 spiro atoms. The number of para-hydroxylation sites is 1. The number of nitrogens with zero attached hydrogens (tertiary/aromatic N) is 5. The predicted molar refractivity (Wildman–Crippen MR) is 102 cm³/mol. The number of aromatic nitrogens is 3. The maximum absolute atomic E-state index is 12.7. The highest BCUT2D eigenvalue weighted by Gasteiger charge is 2.25. The topological polar surface area (TPSA) is 76.6 Å². The second-order valence-corrected chi connectivity index (χ2v) is 6.80. The van der Waals surface area contributed by atoms with Crippen molar-refractivity contribution >= 4 is 5.91 Å². The molecule has 1 saturated heterocycles. The Morgan fingerprint density at radius 1 is 1.18 bits per heavy atom. The molecule has 8 nitrogen and oxygen atoms in total. The summed E-state index contributed by atoms with van der Waals surface area (Å²) >= 11 is 0. The normalized spacial score (nSPS) is 15.0. The van der Waals surface area contributed by atoms with Crippen LogP contribution in [0.3, 0.4) is 0 Å². The highest BCUT2D eigenvalue weighted by molar-refractivity contribution is 5.92. The number of hydrogen-bond donors (Lipinski definition) is 0. The molecule has 1 aliphatic rings. The summed E-state index contributed by atoms with van der Waals surface area (Å²) in [5, 5.41) is 3.92. The van der Waals surface area contributed by atoms with E-state index in [1.165, 1.54) is 0 Å². The summed E-state index contributed by atoms with van der Waals surface area (Å²) in [5.74, 6) is 2.20. The molecule has 1 fully saturated rings. The summed E-state index contributed by atoms with van der Waals surface area (Å²) in [5.41, 5.74) is 0.323. The van der Waals surface area contributed by atoms with Crippen molar-refractivity contribution in [3.8, 4) is 5.75 Å². The van der Waals surface area contributed by atoms with Crippen molar-refractivity contribution in [2.45, 2.75) is 13.2 Å². The van der Waals surface area contributed by atoms with E-state index >= 15 is 0 Å². The van der Waals surface area contributed by atoms with E-state index in [2.05, 4.69) is 15.0 Å². The van der Waals surface area contributed by atoms with Gasteiger partial charge in [-0.15, -0.1) is 0 Å². The number of piperazine rings is 1. The zero-order chi connectivity index (χ0) is 19.3. The SMILES string of the molecule is Cn1ccnc1CN1CCN(C(=O)c2cc(COc3ccccc3)on2)CC1. The van der Waals surface area contributed by atoms with Gasteiger partial charge in [0.2, 0.25) is 0 Å². The molecule has 2 aromatic heterocycles. The molecule has 0 N–H and O–H groups in total. The van der Waals surface area contributed by atoms with Crippen LogP contribution < -0.4 is 4.74 Å². The quantitative estimate of drug-likeness (QED) is 0.650. The number of amides is 1. The van der Waals surface area contributed by atoms with E-state index in [4.69, 9.17) is 9.26 Å². The first-order chi connectivity index (χ1) is 13.7. The molecule has 3 heterocycles. The molecule has 0 aliphatic carbocycles. The molecule has 8 heteroatoms. The maximum Gasteiger partial charge on any atom is 0.276 e. The van der Waals surface area contributed by atoms with Crippen LogP contribution in [0.5, 0.6) is 5.75 Å². The van der Waals surface area contributed by atoms with Gasteiger partial charge in [0, 0.05) is 51.7 Å². The maximum atomic E-state index is 12.7. The van der Waals surface area contributed by atoms with Gasteiger partial charge in [-0.1, -0.05) is 23.4 Å². The number of aryl methyl sites for hydroxylation is 1. The van der Waals surface area contributed by atoms with Crippen molar-refractivity contribution in [2.75, 3.05) is 26.2 Å². The lowest BCUT2D eigenvalue weighted by atomic mass is 10.2. The van der Waals surface area contributed by atoms with Crippen LogP contribution in [0, 0.1) is 0 Å². The number of carbonyl (C=O) groups is 1. The zero-order valence-corrected chi connectivity index (χ0v) is 15.8. The monoisotopic (exact) mass is 381 g/mol. The van der Waals surface area contributed by atoms with E-state index in [9.17, 15) is 4.79 Å². The Morgan fingerprint density at radius 3 is 2.68 bits per heavy atom. The first-order valence-electron chi connectivity index (χ1n) is 9.30. The first kappa shape index (κ1) is 18.2. The lowest BCUT2D eigenvalue weighted by molar-refractivity contribution is 0.0614. The molecule has 0 bridgehead atoms. The molecule has 0 unspecified atom stereocenters. The van der Waals surface area contributed by atoms with Gasteiger partial charge >= 0.3 is 0 Å². The predicted octanol–water partition coefficient (Wildman–Crippen LogP) is 1.95. The Kier molecular flexibility index (Phi) is 5.38. The number of benzene rings is 1. The second-order valence-electron chi connectivity index (χ2n) is 6.80. The van der Waals surface area contributed by atoms with Crippen molar-refractivity contribution in [3.05, 3.63) is 66.1 Å². The van der Waals surface area contributed by atoms with Crippen molar-refractivity contribution < 1.29 is 14.1 Å². The minimum absolute atomic E-state index is 0.105. The molecule has 146 valence electrons. The number of hydrogen-bond acceptors (Lipinski definition) is 6. The van der Waals surface area contributed by atoms with E-state index in [0.29, 0.717) is 24.5 Å². The fourth-order valence-electron chi connectivity index (χ4n) is 3.17. The van der Waals surface area contributed by atoms with Gasteiger partial charge in [-0.25, -0.2) is 4.98 Å². The second kappa shape index (κ2) is 8.26. The minimum Gasteiger partial charge on any atom is -0.486 e. The first-order valence-corrected chi connectivity index (χ1v) is 9.30. The summed E-state index contributed by atoms with van der Waals surface area (Å²) in [6.07, 6.45) is 3.75. The lowest BCUT2D eigenvalue weighted by Crippen LogP contribution is -2.48. The summed E-state index contributed by atoms with van der Waals surface area (Å²) in [6.45, 7) is 3.96. The van der Waals surface area contributed by atoms with Gasteiger partial charge in [0.1, 0.15) is 18.2 Å². The van der Waals surface area contributed by atoms with Crippen molar-refractivity contribution in [1.29, 1.82) is 0 Å². The molecule has 4 rings (SSSR count). The van der Waals surface area contributed by atoms with Crippen molar-refractivity contribution in [3.63, 3.8) is 0 Å². The van der Waals surface area contributed by atoms with Crippen LogP contribution in [0.4, 0.5) is 0 Å². The van der Waals surface area contributed by atoms with Gasteiger partial charge in [-0.05, 0) is 12.1 Å². The van der Waals surface area contributed by atoms with Crippen LogP contribution in [0.25, 0.3) is 0 Å². The van der Waals surface area contributed by atoms with Gasteiger partial charge in [0.05, 0.1) is 6.54 Å². The summed E-state index contributed by atoms with van der Waals surface area (Å²) in [6, 6.07) is 11.1.